The smallest absolute Gasteiger partial charge is 0.246 e. The van der Waals surface area contributed by atoms with Gasteiger partial charge in [-0.25, -0.2) is 5.48 Å². The van der Waals surface area contributed by atoms with E-state index in [2.05, 4.69) is 5.48 Å². The van der Waals surface area contributed by atoms with Gasteiger partial charge in [0.1, 0.15) is 0 Å². The van der Waals surface area contributed by atoms with Gasteiger partial charge in [0.05, 0.1) is 6.10 Å². The van der Waals surface area contributed by atoms with Gasteiger partial charge in [-0.15, -0.1) is 0 Å². The molecule has 0 aliphatic heterocycles. The Balaban J connectivity index is 1.62. The van der Waals surface area contributed by atoms with Crippen LogP contribution in [0.15, 0.2) is 0 Å². The summed E-state index contributed by atoms with van der Waals surface area (Å²) in [6, 6.07) is 0.220. The van der Waals surface area contributed by atoms with Gasteiger partial charge < -0.3 is 5.73 Å². The van der Waals surface area contributed by atoms with Crippen molar-refractivity contribution in [2.45, 2.75) is 50.7 Å². The van der Waals surface area contributed by atoms with Gasteiger partial charge in [-0.1, -0.05) is 12.8 Å². The Labute approximate surface area is 84.1 Å². The SMILES string of the molecule is NC1CC(C(=O)NOC2CCCC2)C1. The molecule has 0 radical (unpaired) electrons. The molecule has 2 aliphatic rings. The van der Waals surface area contributed by atoms with Crippen molar-refractivity contribution in [3.05, 3.63) is 0 Å². The minimum Gasteiger partial charge on any atom is -0.328 e. The summed E-state index contributed by atoms with van der Waals surface area (Å²) in [7, 11) is 0. The largest absolute Gasteiger partial charge is 0.328 e. The molecule has 4 nitrogen and oxygen atoms in total. The lowest BCUT2D eigenvalue weighted by Crippen LogP contribution is -2.45. The molecule has 0 aromatic rings. The van der Waals surface area contributed by atoms with Crippen molar-refractivity contribution in [2.75, 3.05) is 0 Å². The lowest BCUT2D eigenvalue weighted by molar-refractivity contribution is -0.145. The summed E-state index contributed by atoms with van der Waals surface area (Å²) in [5.41, 5.74) is 8.16. The summed E-state index contributed by atoms with van der Waals surface area (Å²) in [5.74, 6) is 0.102. The van der Waals surface area contributed by atoms with Crippen molar-refractivity contribution in [1.82, 2.24) is 5.48 Å². The van der Waals surface area contributed by atoms with E-state index >= 15 is 0 Å². The van der Waals surface area contributed by atoms with Crippen molar-refractivity contribution >= 4 is 5.91 Å². The number of carbonyl (C=O) groups excluding carboxylic acids is 1. The maximum atomic E-state index is 11.4. The zero-order valence-electron chi connectivity index (χ0n) is 8.37. The first-order valence-electron chi connectivity index (χ1n) is 5.47. The first-order chi connectivity index (χ1) is 6.75. The first-order valence-corrected chi connectivity index (χ1v) is 5.47. The zero-order valence-corrected chi connectivity index (χ0v) is 8.37. The summed E-state index contributed by atoms with van der Waals surface area (Å²) in [6.07, 6.45) is 6.44. The minimum atomic E-state index is 0.0126. The van der Waals surface area contributed by atoms with E-state index in [1.165, 1.54) is 12.8 Å². The Morgan fingerprint density at radius 3 is 2.50 bits per heavy atom. The van der Waals surface area contributed by atoms with E-state index in [4.69, 9.17) is 10.6 Å². The third-order valence-corrected chi connectivity index (χ3v) is 3.17. The molecule has 0 heterocycles. The monoisotopic (exact) mass is 198 g/mol. The molecule has 0 aromatic carbocycles. The van der Waals surface area contributed by atoms with E-state index < -0.39 is 0 Å². The summed E-state index contributed by atoms with van der Waals surface area (Å²) in [5, 5.41) is 0. The third kappa shape index (κ3) is 2.25. The van der Waals surface area contributed by atoms with E-state index in [1.54, 1.807) is 0 Å². The van der Waals surface area contributed by atoms with E-state index in [0.29, 0.717) is 0 Å². The Bertz CT molecular complexity index is 208. The fourth-order valence-electron chi connectivity index (χ4n) is 2.11. The fourth-order valence-corrected chi connectivity index (χ4v) is 2.11. The van der Waals surface area contributed by atoms with Gasteiger partial charge in [-0.2, -0.15) is 0 Å². The van der Waals surface area contributed by atoms with Crippen LogP contribution in [0.2, 0.25) is 0 Å². The molecular formula is C10H18N2O2. The maximum absolute atomic E-state index is 11.4. The average Bonchev–Trinajstić information content (AvgIpc) is 2.61. The Morgan fingerprint density at radius 1 is 1.29 bits per heavy atom. The second-order valence-electron chi connectivity index (χ2n) is 4.42. The van der Waals surface area contributed by atoms with Gasteiger partial charge in [0.25, 0.3) is 0 Å². The third-order valence-electron chi connectivity index (χ3n) is 3.17. The quantitative estimate of drug-likeness (QED) is 0.656. The number of rotatable bonds is 3. The van der Waals surface area contributed by atoms with Crippen LogP contribution in [0.5, 0.6) is 0 Å². The highest BCUT2D eigenvalue weighted by molar-refractivity contribution is 5.78. The van der Waals surface area contributed by atoms with Crippen LogP contribution in [-0.4, -0.2) is 18.1 Å². The molecule has 0 aromatic heterocycles. The molecule has 0 bridgehead atoms. The second-order valence-corrected chi connectivity index (χ2v) is 4.42. The van der Waals surface area contributed by atoms with Gasteiger partial charge in [0.2, 0.25) is 5.91 Å². The van der Waals surface area contributed by atoms with Crippen molar-refractivity contribution in [3.8, 4) is 0 Å². The van der Waals surface area contributed by atoms with Gasteiger partial charge in [-0.3, -0.25) is 9.63 Å². The highest BCUT2D eigenvalue weighted by Gasteiger charge is 2.32. The van der Waals surface area contributed by atoms with Crippen molar-refractivity contribution in [3.63, 3.8) is 0 Å². The van der Waals surface area contributed by atoms with E-state index in [1.807, 2.05) is 0 Å². The van der Waals surface area contributed by atoms with Crippen LogP contribution in [0.1, 0.15) is 38.5 Å². The predicted molar refractivity (Wildman–Crippen MR) is 52.2 cm³/mol. The zero-order chi connectivity index (χ0) is 9.97. The molecular weight excluding hydrogens is 180 g/mol. The molecule has 2 aliphatic carbocycles. The Kier molecular flexibility index (Phi) is 3.03. The lowest BCUT2D eigenvalue weighted by atomic mass is 9.80. The van der Waals surface area contributed by atoms with Crippen LogP contribution >= 0.6 is 0 Å². The number of amides is 1. The molecule has 3 N–H and O–H groups in total. The normalized spacial score (nSPS) is 32.6. The summed E-state index contributed by atoms with van der Waals surface area (Å²) in [4.78, 5) is 16.8. The number of nitrogens with two attached hydrogens (primary N) is 1. The maximum Gasteiger partial charge on any atom is 0.246 e. The summed E-state index contributed by atoms with van der Waals surface area (Å²) >= 11 is 0. The lowest BCUT2D eigenvalue weighted by Gasteiger charge is -2.31. The van der Waals surface area contributed by atoms with Crippen LogP contribution in [-0.2, 0) is 9.63 Å². The Hall–Kier alpha value is -0.610. The Morgan fingerprint density at radius 2 is 1.93 bits per heavy atom. The first kappa shape index (κ1) is 9.93. The molecule has 2 rings (SSSR count). The van der Waals surface area contributed by atoms with Crippen LogP contribution in [0.4, 0.5) is 0 Å². The standard InChI is InChI=1S/C10H18N2O2/c11-8-5-7(6-8)10(13)12-14-9-3-1-2-4-9/h7-9H,1-6,11H2,(H,12,13). The van der Waals surface area contributed by atoms with Crippen LogP contribution in [0.3, 0.4) is 0 Å². The fraction of sp³-hybridized carbons (Fsp3) is 0.900. The second kappa shape index (κ2) is 4.28. The number of carbonyl (C=O) groups is 1. The molecule has 80 valence electrons. The van der Waals surface area contributed by atoms with Crippen molar-refractivity contribution < 1.29 is 9.63 Å². The van der Waals surface area contributed by atoms with E-state index in [-0.39, 0.29) is 24.0 Å². The van der Waals surface area contributed by atoms with Crippen LogP contribution in [0, 0.1) is 5.92 Å². The minimum absolute atomic E-state index is 0.0126. The van der Waals surface area contributed by atoms with E-state index in [9.17, 15) is 4.79 Å². The number of hydroxylamine groups is 1. The number of hydrogen-bond acceptors (Lipinski definition) is 3. The van der Waals surface area contributed by atoms with Crippen molar-refractivity contribution in [1.29, 1.82) is 0 Å². The molecule has 0 unspecified atom stereocenters. The summed E-state index contributed by atoms with van der Waals surface area (Å²) in [6.45, 7) is 0. The van der Waals surface area contributed by atoms with Gasteiger partial charge in [-0.05, 0) is 25.7 Å². The summed E-state index contributed by atoms with van der Waals surface area (Å²) < 4.78 is 0. The van der Waals surface area contributed by atoms with Gasteiger partial charge >= 0.3 is 0 Å². The van der Waals surface area contributed by atoms with Crippen molar-refractivity contribution in [2.24, 2.45) is 11.7 Å². The molecule has 1 amide bonds. The highest BCUT2D eigenvalue weighted by atomic mass is 16.7. The van der Waals surface area contributed by atoms with E-state index in [0.717, 1.165) is 25.7 Å². The van der Waals surface area contributed by atoms with Crippen LogP contribution < -0.4 is 11.2 Å². The number of nitrogens with one attached hydrogen (secondary N) is 1. The topological polar surface area (TPSA) is 64.4 Å². The van der Waals surface area contributed by atoms with Crippen LogP contribution in [0.25, 0.3) is 0 Å². The van der Waals surface area contributed by atoms with Gasteiger partial charge in [0, 0.05) is 12.0 Å². The molecule has 0 saturated heterocycles. The average molecular weight is 198 g/mol. The van der Waals surface area contributed by atoms with Gasteiger partial charge in [0.15, 0.2) is 0 Å². The molecule has 4 heteroatoms. The number of hydrogen-bond donors (Lipinski definition) is 2. The molecule has 2 saturated carbocycles. The predicted octanol–water partition coefficient (Wildman–Crippen LogP) is 0.714. The molecule has 0 spiro atoms. The molecule has 0 atom stereocenters. The molecule has 14 heavy (non-hydrogen) atoms. The highest BCUT2D eigenvalue weighted by Crippen LogP contribution is 2.26. The molecule has 2 fully saturated rings.